The second-order valence-electron chi connectivity index (χ2n) is 10.0. The summed E-state index contributed by atoms with van der Waals surface area (Å²) in [6.07, 6.45) is 10.7. The van der Waals surface area contributed by atoms with Crippen molar-refractivity contribution in [2.24, 2.45) is 0 Å². The molecule has 36 heavy (non-hydrogen) atoms. The van der Waals surface area contributed by atoms with Gasteiger partial charge in [0.05, 0.1) is 19.9 Å². The quantitative estimate of drug-likeness (QED) is 0.488. The van der Waals surface area contributed by atoms with E-state index in [1.54, 1.807) is 13.3 Å². The number of likely N-dealkylation sites (tertiary alicyclic amines) is 1. The maximum absolute atomic E-state index is 6.12. The van der Waals surface area contributed by atoms with E-state index in [2.05, 4.69) is 39.3 Å². The van der Waals surface area contributed by atoms with Crippen molar-refractivity contribution < 1.29 is 14.2 Å². The molecule has 8 heteroatoms. The minimum atomic E-state index is 0.526. The maximum Gasteiger partial charge on any atom is 0.179 e. The van der Waals surface area contributed by atoms with Gasteiger partial charge in [0, 0.05) is 62.3 Å². The molecule has 2 aromatic heterocycles. The zero-order valence-electron chi connectivity index (χ0n) is 21.9. The molecule has 0 atom stereocenters. The van der Waals surface area contributed by atoms with E-state index in [-0.39, 0.29) is 0 Å². The molecule has 8 nitrogen and oxygen atoms in total. The van der Waals surface area contributed by atoms with Gasteiger partial charge < -0.3 is 29.3 Å². The molecule has 4 heterocycles. The van der Waals surface area contributed by atoms with Gasteiger partial charge in [-0.1, -0.05) is 0 Å². The van der Waals surface area contributed by atoms with E-state index in [9.17, 15) is 0 Å². The van der Waals surface area contributed by atoms with E-state index < -0.39 is 0 Å². The number of hydrogen-bond donors (Lipinski definition) is 1. The van der Waals surface area contributed by atoms with Gasteiger partial charge in [-0.2, -0.15) is 0 Å². The van der Waals surface area contributed by atoms with Gasteiger partial charge in [0.25, 0.3) is 0 Å². The summed E-state index contributed by atoms with van der Waals surface area (Å²) >= 11 is 0. The van der Waals surface area contributed by atoms with Gasteiger partial charge in [-0.15, -0.1) is 0 Å². The second kappa shape index (κ2) is 11.5. The van der Waals surface area contributed by atoms with Crippen molar-refractivity contribution in [1.29, 1.82) is 0 Å². The molecule has 5 rings (SSSR count). The van der Waals surface area contributed by atoms with Gasteiger partial charge in [-0.3, -0.25) is 0 Å². The number of allylic oxidation sites excluding steroid dienone is 1. The van der Waals surface area contributed by atoms with Crippen LogP contribution in [0.1, 0.15) is 48.9 Å². The van der Waals surface area contributed by atoms with Gasteiger partial charge in [0.1, 0.15) is 11.6 Å². The Balaban J connectivity index is 1.29. The lowest BCUT2D eigenvalue weighted by Gasteiger charge is -2.33. The summed E-state index contributed by atoms with van der Waals surface area (Å²) in [6.45, 7) is 7.88. The molecule has 0 amide bonds. The Kier molecular flexibility index (Phi) is 7.92. The van der Waals surface area contributed by atoms with Crippen LogP contribution in [0.25, 0.3) is 6.08 Å². The Morgan fingerprint density at radius 2 is 1.97 bits per heavy atom. The SMILES string of the molecule is COc1cnc(Nc2nc(C)cc3c2C=C(N(C)C2CCOCC2)C3)cc1OCCCN1CCCC1. The fraction of sp³-hybridized carbons (Fsp3) is 0.571. The lowest BCUT2D eigenvalue weighted by molar-refractivity contribution is 0.0525. The van der Waals surface area contributed by atoms with Crippen molar-refractivity contribution in [2.45, 2.75) is 51.5 Å². The minimum Gasteiger partial charge on any atom is -0.491 e. The highest BCUT2D eigenvalue weighted by Crippen LogP contribution is 2.36. The average molecular weight is 494 g/mol. The number of methoxy groups -OCH3 is 1. The van der Waals surface area contributed by atoms with E-state index in [1.807, 2.05) is 13.0 Å². The predicted octanol–water partition coefficient (Wildman–Crippen LogP) is 4.41. The predicted molar refractivity (Wildman–Crippen MR) is 142 cm³/mol. The van der Waals surface area contributed by atoms with Crippen LogP contribution in [0.2, 0.25) is 0 Å². The zero-order valence-corrected chi connectivity index (χ0v) is 21.9. The fourth-order valence-corrected chi connectivity index (χ4v) is 5.46. The number of nitrogens with one attached hydrogen (secondary N) is 1. The van der Waals surface area contributed by atoms with E-state index in [4.69, 9.17) is 19.2 Å². The molecule has 0 radical (unpaired) electrons. The van der Waals surface area contributed by atoms with E-state index >= 15 is 0 Å². The highest BCUT2D eigenvalue weighted by molar-refractivity contribution is 5.75. The van der Waals surface area contributed by atoms with E-state index in [0.29, 0.717) is 30.0 Å². The standard InChI is InChI=1S/C28H39N5O3/c1-20-15-21-16-23(32(2)22-7-13-35-14-8-22)17-24(21)28(30-20)31-27-18-25(26(34-3)19-29-27)36-12-6-11-33-9-4-5-10-33/h15,17-19,22H,4-14,16H2,1-3H3,(H,29,30,31). The van der Waals surface area contributed by atoms with Crippen LogP contribution in [-0.2, 0) is 11.2 Å². The van der Waals surface area contributed by atoms with Crippen LogP contribution >= 0.6 is 0 Å². The first-order valence-electron chi connectivity index (χ1n) is 13.3. The summed E-state index contributed by atoms with van der Waals surface area (Å²) in [4.78, 5) is 14.3. The molecule has 2 fully saturated rings. The van der Waals surface area contributed by atoms with Crippen LogP contribution < -0.4 is 14.8 Å². The number of ether oxygens (including phenoxy) is 3. The first-order chi connectivity index (χ1) is 17.6. The Hall–Kier alpha value is -2.84. The zero-order chi connectivity index (χ0) is 24.9. The van der Waals surface area contributed by atoms with Gasteiger partial charge >= 0.3 is 0 Å². The van der Waals surface area contributed by atoms with Crippen LogP contribution in [0.3, 0.4) is 0 Å². The first kappa shape index (κ1) is 24.8. The summed E-state index contributed by atoms with van der Waals surface area (Å²) in [5.74, 6) is 2.88. The van der Waals surface area contributed by atoms with Crippen LogP contribution in [-0.4, -0.2) is 79.4 Å². The molecule has 2 aromatic rings. The molecule has 3 aliphatic rings. The number of anilines is 2. The number of aromatic nitrogens is 2. The summed E-state index contributed by atoms with van der Waals surface area (Å²) in [6, 6.07) is 4.63. The van der Waals surface area contributed by atoms with Crippen molar-refractivity contribution in [2.75, 3.05) is 58.9 Å². The van der Waals surface area contributed by atoms with Crippen molar-refractivity contribution >= 4 is 17.7 Å². The smallest absolute Gasteiger partial charge is 0.179 e. The molecule has 0 spiro atoms. The lowest BCUT2D eigenvalue weighted by Crippen LogP contribution is -2.36. The second-order valence-corrected chi connectivity index (χ2v) is 10.0. The largest absolute Gasteiger partial charge is 0.491 e. The van der Waals surface area contributed by atoms with Crippen LogP contribution in [0, 0.1) is 6.92 Å². The molecule has 0 saturated carbocycles. The number of fused-ring (bicyclic) bond motifs is 1. The highest BCUT2D eigenvalue weighted by Gasteiger charge is 2.26. The molecule has 0 aromatic carbocycles. The third-order valence-corrected chi connectivity index (χ3v) is 7.52. The van der Waals surface area contributed by atoms with Crippen molar-refractivity contribution in [3.63, 3.8) is 0 Å². The average Bonchev–Trinajstić information content (AvgIpc) is 3.57. The summed E-state index contributed by atoms with van der Waals surface area (Å²) in [7, 11) is 3.86. The molecule has 0 bridgehead atoms. The maximum atomic E-state index is 6.12. The summed E-state index contributed by atoms with van der Waals surface area (Å²) < 4.78 is 17.2. The lowest BCUT2D eigenvalue weighted by atomic mass is 10.1. The molecule has 2 saturated heterocycles. The molecular weight excluding hydrogens is 454 g/mol. The number of pyridine rings is 2. The molecule has 1 N–H and O–H groups in total. The molecular formula is C28H39N5O3. The Morgan fingerprint density at radius 1 is 1.17 bits per heavy atom. The Morgan fingerprint density at radius 3 is 2.75 bits per heavy atom. The van der Waals surface area contributed by atoms with E-state index in [1.165, 1.54) is 37.2 Å². The minimum absolute atomic E-state index is 0.526. The van der Waals surface area contributed by atoms with Crippen LogP contribution in [0.4, 0.5) is 11.6 Å². The molecule has 0 unspecified atom stereocenters. The van der Waals surface area contributed by atoms with Crippen LogP contribution in [0.15, 0.2) is 24.0 Å². The summed E-state index contributed by atoms with van der Waals surface area (Å²) in [5, 5.41) is 3.46. The third-order valence-electron chi connectivity index (χ3n) is 7.52. The normalized spacial score (nSPS) is 18.1. The molecule has 194 valence electrons. The fourth-order valence-electron chi connectivity index (χ4n) is 5.46. The van der Waals surface area contributed by atoms with Gasteiger partial charge in [-0.05, 0) is 69.8 Å². The third kappa shape index (κ3) is 5.76. The number of nitrogens with zero attached hydrogens (tertiary/aromatic N) is 4. The van der Waals surface area contributed by atoms with E-state index in [0.717, 1.165) is 62.5 Å². The van der Waals surface area contributed by atoms with Crippen molar-refractivity contribution in [3.8, 4) is 11.5 Å². The Bertz CT molecular complexity index is 1080. The highest BCUT2D eigenvalue weighted by atomic mass is 16.5. The summed E-state index contributed by atoms with van der Waals surface area (Å²) in [5.41, 5.74) is 4.76. The Labute approximate surface area is 214 Å². The molecule has 2 aliphatic heterocycles. The monoisotopic (exact) mass is 493 g/mol. The molecule has 1 aliphatic carbocycles. The van der Waals surface area contributed by atoms with Crippen molar-refractivity contribution in [3.05, 3.63) is 40.8 Å². The number of hydrogen-bond acceptors (Lipinski definition) is 8. The first-order valence-corrected chi connectivity index (χ1v) is 13.3. The van der Waals surface area contributed by atoms with Gasteiger partial charge in [-0.25, -0.2) is 9.97 Å². The topological polar surface area (TPSA) is 72.0 Å². The van der Waals surface area contributed by atoms with Gasteiger partial charge in [0.15, 0.2) is 11.5 Å². The number of aryl methyl sites for hydroxylation is 1. The van der Waals surface area contributed by atoms with Crippen LogP contribution in [0.5, 0.6) is 11.5 Å². The van der Waals surface area contributed by atoms with Crippen molar-refractivity contribution in [1.82, 2.24) is 19.8 Å². The number of rotatable bonds is 10. The number of likely N-dealkylation sites (N-methyl/N-ethyl adjacent to an activating group) is 1. The van der Waals surface area contributed by atoms with Gasteiger partial charge in [0.2, 0.25) is 0 Å².